The Hall–Kier alpha value is -2.36. The second-order valence-corrected chi connectivity index (χ2v) is 8.14. The van der Waals surface area contributed by atoms with Crippen LogP contribution in [0.25, 0.3) is 11.3 Å². The highest BCUT2D eigenvalue weighted by atomic mass is 16.5. The van der Waals surface area contributed by atoms with E-state index in [9.17, 15) is 4.79 Å². The van der Waals surface area contributed by atoms with Crippen LogP contribution in [0, 0.1) is 5.92 Å². The monoisotopic (exact) mass is 378 g/mol. The molecule has 2 fully saturated rings. The summed E-state index contributed by atoms with van der Waals surface area (Å²) in [6.45, 7) is 1.71. The van der Waals surface area contributed by atoms with Crippen molar-refractivity contribution in [2.45, 2.75) is 50.9 Å². The van der Waals surface area contributed by atoms with E-state index in [2.05, 4.69) is 23.1 Å². The van der Waals surface area contributed by atoms with Crippen LogP contribution in [0.1, 0.15) is 56.6 Å². The maximum Gasteiger partial charge on any atom is 0.225 e. The zero-order valence-electron chi connectivity index (χ0n) is 16.8. The second kappa shape index (κ2) is 8.76. The molecule has 1 aromatic heterocycles. The smallest absolute Gasteiger partial charge is 0.225 e. The van der Waals surface area contributed by atoms with Gasteiger partial charge in [0, 0.05) is 36.2 Å². The van der Waals surface area contributed by atoms with Crippen molar-refractivity contribution in [1.29, 1.82) is 0 Å². The summed E-state index contributed by atoms with van der Waals surface area (Å²) in [6.07, 6.45) is 8.01. The summed E-state index contributed by atoms with van der Waals surface area (Å²) in [5, 5.41) is 0. The van der Waals surface area contributed by atoms with Crippen molar-refractivity contribution >= 4 is 5.91 Å². The highest BCUT2D eigenvalue weighted by Crippen LogP contribution is 2.31. The van der Waals surface area contributed by atoms with E-state index in [4.69, 9.17) is 9.72 Å². The van der Waals surface area contributed by atoms with E-state index in [-0.39, 0.29) is 5.92 Å². The number of carbonyl (C=O) groups is 1. The molecule has 0 spiro atoms. The molecule has 4 nitrogen and oxygen atoms in total. The Morgan fingerprint density at radius 3 is 2.68 bits per heavy atom. The van der Waals surface area contributed by atoms with E-state index >= 15 is 0 Å². The summed E-state index contributed by atoms with van der Waals surface area (Å²) >= 11 is 0. The third kappa shape index (κ3) is 4.21. The first-order valence-corrected chi connectivity index (χ1v) is 10.6. The average molecular weight is 379 g/mol. The maximum absolute atomic E-state index is 13.0. The van der Waals surface area contributed by atoms with Crippen LogP contribution < -0.4 is 4.74 Å². The van der Waals surface area contributed by atoms with Gasteiger partial charge in [-0.05, 0) is 49.9 Å². The molecule has 2 aromatic rings. The van der Waals surface area contributed by atoms with Gasteiger partial charge < -0.3 is 9.64 Å². The number of hydrogen-bond acceptors (Lipinski definition) is 3. The number of rotatable bonds is 4. The highest BCUT2D eigenvalue weighted by Gasteiger charge is 2.30. The van der Waals surface area contributed by atoms with Gasteiger partial charge >= 0.3 is 0 Å². The molecule has 2 heterocycles. The highest BCUT2D eigenvalue weighted by molar-refractivity contribution is 5.79. The maximum atomic E-state index is 13.0. The minimum atomic E-state index is 0.253. The summed E-state index contributed by atoms with van der Waals surface area (Å²) in [5.41, 5.74) is 3.13. The Bertz CT molecular complexity index is 814. The van der Waals surface area contributed by atoms with Crippen LogP contribution >= 0.6 is 0 Å². The van der Waals surface area contributed by atoms with Gasteiger partial charge in [-0.25, -0.2) is 0 Å². The molecule has 1 amide bonds. The van der Waals surface area contributed by atoms with E-state index in [1.54, 1.807) is 7.11 Å². The zero-order valence-corrected chi connectivity index (χ0v) is 16.8. The zero-order chi connectivity index (χ0) is 19.3. The molecular formula is C24H30N2O2. The molecule has 4 rings (SSSR count). The van der Waals surface area contributed by atoms with Crippen LogP contribution in [0.2, 0.25) is 0 Å². The molecule has 148 valence electrons. The number of hydrogen-bond donors (Lipinski definition) is 0. The van der Waals surface area contributed by atoms with Crippen LogP contribution in [-0.2, 0) is 4.79 Å². The van der Waals surface area contributed by atoms with E-state index < -0.39 is 0 Å². The SMILES string of the molecule is COc1cccc(-c2cccc([C@@H]3CCCN(C(=O)C4CCCCC4)C3)n2)c1. The van der Waals surface area contributed by atoms with Gasteiger partial charge in [-0.3, -0.25) is 9.78 Å². The molecule has 1 aromatic carbocycles. The molecule has 0 N–H and O–H groups in total. The Balaban J connectivity index is 1.49. The largest absolute Gasteiger partial charge is 0.497 e. The molecule has 2 aliphatic rings. The number of aromatic nitrogens is 1. The summed E-state index contributed by atoms with van der Waals surface area (Å²) in [5.74, 6) is 1.80. The molecule has 4 heteroatoms. The fourth-order valence-electron chi connectivity index (χ4n) is 4.65. The van der Waals surface area contributed by atoms with Gasteiger partial charge in [0.25, 0.3) is 0 Å². The topological polar surface area (TPSA) is 42.4 Å². The first-order chi connectivity index (χ1) is 13.7. The predicted molar refractivity (Wildman–Crippen MR) is 111 cm³/mol. The van der Waals surface area contributed by atoms with Crippen LogP contribution in [0.5, 0.6) is 5.75 Å². The first-order valence-electron chi connectivity index (χ1n) is 10.6. The number of amides is 1. The first kappa shape index (κ1) is 19.0. The summed E-state index contributed by atoms with van der Waals surface area (Å²) < 4.78 is 5.35. The van der Waals surface area contributed by atoms with Crippen molar-refractivity contribution in [3.05, 3.63) is 48.2 Å². The predicted octanol–water partition coefficient (Wildman–Crippen LogP) is 5.04. The minimum absolute atomic E-state index is 0.253. The molecule has 1 saturated carbocycles. The van der Waals surface area contributed by atoms with Gasteiger partial charge in [0.1, 0.15) is 5.75 Å². The lowest BCUT2D eigenvalue weighted by Crippen LogP contribution is -2.43. The number of methoxy groups -OCH3 is 1. The molecular weight excluding hydrogens is 348 g/mol. The summed E-state index contributed by atoms with van der Waals surface area (Å²) in [6, 6.07) is 14.3. The van der Waals surface area contributed by atoms with E-state index in [1.165, 1.54) is 19.3 Å². The van der Waals surface area contributed by atoms with Gasteiger partial charge in [0.05, 0.1) is 12.8 Å². The Morgan fingerprint density at radius 2 is 1.86 bits per heavy atom. The molecule has 1 aliphatic heterocycles. The van der Waals surface area contributed by atoms with Crippen LogP contribution in [0.4, 0.5) is 0 Å². The number of pyridine rings is 1. The number of benzene rings is 1. The fraction of sp³-hybridized carbons (Fsp3) is 0.500. The lowest BCUT2D eigenvalue weighted by atomic mass is 9.86. The van der Waals surface area contributed by atoms with Crippen LogP contribution in [0.3, 0.4) is 0 Å². The second-order valence-electron chi connectivity index (χ2n) is 8.14. The fourth-order valence-corrected chi connectivity index (χ4v) is 4.65. The number of nitrogens with zero attached hydrogens (tertiary/aromatic N) is 2. The van der Waals surface area contributed by atoms with Crippen molar-refractivity contribution in [2.24, 2.45) is 5.92 Å². The standard InChI is InChI=1S/C24H30N2O2/c1-28-21-12-5-10-19(16-21)22-13-6-14-23(25-22)20-11-7-15-26(17-20)24(27)18-8-3-2-4-9-18/h5-6,10,12-14,16,18,20H,2-4,7-9,11,15,17H2,1H3/t20-/m1/s1. The van der Waals surface area contributed by atoms with Gasteiger partial charge in [0.2, 0.25) is 5.91 Å². The van der Waals surface area contributed by atoms with Crippen molar-refractivity contribution in [1.82, 2.24) is 9.88 Å². The van der Waals surface area contributed by atoms with Crippen molar-refractivity contribution in [2.75, 3.05) is 20.2 Å². The third-order valence-electron chi connectivity index (χ3n) is 6.24. The van der Waals surface area contributed by atoms with E-state index in [0.717, 1.165) is 61.5 Å². The van der Waals surface area contributed by atoms with E-state index in [0.29, 0.717) is 11.8 Å². The van der Waals surface area contributed by atoms with Gasteiger partial charge in [-0.15, -0.1) is 0 Å². The number of carbonyl (C=O) groups excluding carboxylic acids is 1. The summed E-state index contributed by atoms with van der Waals surface area (Å²) in [7, 11) is 1.68. The van der Waals surface area contributed by atoms with Crippen molar-refractivity contribution in [3.63, 3.8) is 0 Å². The van der Waals surface area contributed by atoms with Crippen LogP contribution in [-0.4, -0.2) is 36.0 Å². The third-order valence-corrected chi connectivity index (χ3v) is 6.24. The molecule has 0 unspecified atom stereocenters. The van der Waals surface area contributed by atoms with Crippen LogP contribution in [0.15, 0.2) is 42.5 Å². The molecule has 28 heavy (non-hydrogen) atoms. The van der Waals surface area contributed by atoms with Crippen molar-refractivity contribution in [3.8, 4) is 17.0 Å². The Kier molecular flexibility index (Phi) is 5.94. The molecule has 1 aliphatic carbocycles. The normalized spacial score (nSPS) is 20.8. The Morgan fingerprint density at radius 1 is 1.04 bits per heavy atom. The van der Waals surface area contributed by atoms with Gasteiger partial charge in [-0.2, -0.15) is 0 Å². The quantitative estimate of drug-likeness (QED) is 0.748. The molecule has 0 radical (unpaired) electrons. The van der Waals surface area contributed by atoms with Gasteiger partial charge in [0.15, 0.2) is 0 Å². The van der Waals surface area contributed by atoms with Gasteiger partial charge in [-0.1, -0.05) is 37.5 Å². The Labute approximate surface area is 167 Å². The lowest BCUT2D eigenvalue weighted by molar-refractivity contribution is -0.137. The lowest BCUT2D eigenvalue weighted by Gasteiger charge is -2.35. The minimum Gasteiger partial charge on any atom is -0.497 e. The molecule has 1 saturated heterocycles. The molecule has 1 atom stereocenters. The summed E-state index contributed by atoms with van der Waals surface area (Å²) in [4.78, 5) is 20.1. The number of likely N-dealkylation sites (tertiary alicyclic amines) is 1. The number of piperidine rings is 1. The van der Waals surface area contributed by atoms with Crippen molar-refractivity contribution < 1.29 is 9.53 Å². The molecule has 0 bridgehead atoms. The number of ether oxygens (including phenoxy) is 1. The average Bonchev–Trinajstić information content (AvgIpc) is 2.79. The van der Waals surface area contributed by atoms with E-state index in [1.807, 2.05) is 24.3 Å².